The summed E-state index contributed by atoms with van der Waals surface area (Å²) in [5, 5.41) is 5.88. The van der Waals surface area contributed by atoms with Crippen molar-refractivity contribution >= 4 is 45.1 Å². The number of benzene rings is 1. The molecule has 1 atom stereocenters. The van der Waals surface area contributed by atoms with Crippen molar-refractivity contribution in [3.8, 4) is 0 Å². The zero-order valence-electron chi connectivity index (χ0n) is 16.1. The Labute approximate surface area is 169 Å². The number of aromatic nitrogens is 1. The van der Waals surface area contributed by atoms with Crippen molar-refractivity contribution in [2.75, 3.05) is 18.8 Å². The first kappa shape index (κ1) is 21.7. The van der Waals surface area contributed by atoms with E-state index < -0.39 is 0 Å². The summed E-state index contributed by atoms with van der Waals surface area (Å²) in [6, 6.07) is 8.01. The molecule has 0 aliphatic rings. The molecular formula is C20H29N3O2S2. The van der Waals surface area contributed by atoms with Gasteiger partial charge in [-0.1, -0.05) is 50.6 Å². The Morgan fingerprint density at radius 3 is 2.52 bits per heavy atom. The Hall–Kier alpha value is -1.60. The van der Waals surface area contributed by atoms with Crippen molar-refractivity contribution in [2.45, 2.75) is 50.3 Å². The van der Waals surface area contributed by atoms with Gasteiger partial charge >= 0.3 is 0 Å². The molecule has 2 rings (SSSR count). The van der Waals surface area contributed by atoms with Crippen LogP contribution in [0.1, 0.15) is 46.0 Å². The van der Waals surface area contributed by atoms with Crippen molar-refractivity contribution in [1.82, 2.24) is 15.6 Å². The number of carbonyl (C=O) groups is 2. The third-order valence-electron chi connectivity index (χ3n) is 4.17. The predicted molar refractivity (Wildman–Crippen MR) is 114 cm³/mol. The van der Waals surface area contributed by atoms with Gasteiger partial charge in [-0.3, -0.25) is 9.59 Å². The van der Waals surface area contributed by atoms with E-state index in [4.69, 9.17) is 0 Å². The fraction of sp³-hybridized carbons (Fsp3) is 0.550. The lowest BCUT2D eigenvalue weighted by atomic mass is 10.1. The molecule has 148 valence electrons. The summed E-state index contributed by atoms with van der Waals surface area (Å²) in [6.45, 7) is 5.51. The number of unbranched alkanes of at least 4 members (excludes halogenated alkanes) is 2. The fourth-order valence-corrected chi connectivity index (χ4v) is 4.73. The van der Waals surface area contributed by atoms with Crippen molar-refractivity contribution < 1.29 is 9.59 Å². The highest BCUT2D eigenvalue weighted by Crippen LogP contribution is 2.31. The van der Waals surface area contributed by atoms with E-state index in [-0.39, 0.29) is 24.2 Å². The van der Waals surface area contributed by atoms with Crippen molar-refractivity contribution in [3.63, 3.8) is 0 Å². The number of fused-ring (bicyclic) bond motifs is 1. The van der Waals surface area contributed by atoms with E-state index in [1.807, 2.05) is 24.3 Å². The van der Waals surface area contributed by atoms with Crippen molar-refractivity contribution in [3.05, 3.63) is 24.3 Å². The van der Waals surface area contributed by atoms with Crippen LogP contribution in [0, 0.1) is 5.92 Å². The van der Waals surface area contributed by atoms with Crippen LogP contribution in [0.15, 0.2) is 28.6 Å². The lowest BCUT2D eigenvalue weighted by Crippen LogP contribution is -2.36. The lowest BCUT2D eigenvalue weighted by molar-refractivity contribution is -0.129. The number of hydrogen-bond acceptors (Lipinski definition) is 5. The van der Waals surface area contributed by atoms with Crippen LogP contribution in [0.3, 0.4) is 0 Å². The van der Waals surface area contributed by atoms with Gasteiger partial charge in [-0.15, -0.1) is 11.3 Å². The van der Waals surface area contributed by atoms with Gasteiger partial charge in [0.25, 0.3) is 0 Å². The molecule has 2 N–H and O–H groups in total. The van der Waals surface area contributed by atoms with Gasteiger partial charge in [0.15, 0.2) is 4.34 Å². The second-order valence-corrected chi connectivity index (χ2v) is 8.81. The summed E-state index contributed by atoms with van der Waals surface area (Å²) in [4.78, 5) is 29.4. The molecule has 1 aromatic heterocycles. The Kier molecular flexibility index (Phi) is 9.62. The largest absolute Gasteiger partial charge is 0.356 e. The van der Waals surface area contributed by atoms with Crippen LogP contribution >= 0.6 is 23.1 Å². The zero-order chi connectivity index (χ0) is 19.5. The monoisotopic (exact) mass is 407 g/mol. The van der Waals surface area contributed by atoms with Gasteiger partial charge in [0.05, 0.1) is 16.1 Å². The minimum atomic E-state index is -0.347. The Bertz CT molecular complexity index is 700. The van der Waals surface area contributed by atoms with Crippen molar-refractivity contribution in [1.29, 1.82) is 0 Å². The van der Waals surface area contributed by atoms with Crippen LogP contribution in [0.25, 0.3) is 10.2 Å². The molecule has 0 spiro atoms. The summed E-state index contributed by atoms with van der Waals surface area (Å²) < 4.78 is 2.08. The number of thioether (sulfide) groups is 1. The molecule has 1 unspecified atom stereocenters. The number of amides is 2. The number of nitrogens with zero attached hydrogens (tertiary/aromatic N) is 1. The van der Waals surface area contributed by atoms with Gasteiger partial charge in [-0.05, 0) is 25.0 Å². The van der Waals surface area contributed by atoms with Crippen LogP contribution in [-0.4, -0.2) is 35.6 Å². The average molecular weight is 408 g/mol. The highest BCUT2D eigenvalue weighted by atomic mass is 32.2. The quantitative estimate of drug-likeness (QED) is 0.408. The van der Waals surface area contributed by atoms with Gasteiger partial charge in [0.2, 0.25) is 11.8 Å². The van der Waals surface area contributed by atoms with Crippen LogP contribution < -0.4 is 10.6 Å². The summed E-state index contributed by atoms with van der Waals surface area (Å²) >= 11 is 3.19. The summed E-state index contributed by atoms with van der Waals surface area (Å²) in [5.41, 5.74) is 0.978. The molecule has 1 heterocycles. The van der Waals surface area contributed by atoms with E-state index in [2.05, 4.69) is 29.5 Å². The number of hydrogen-bond donors (Lipinski definition) is 2. The summed E-state index contributed by atoms with van der Waals surface area (Å²) in [6.07, 6.45) is 4.20. The molecule has 2 amide bonds. The first-order valence-electron chi connectivity index (χ1n) is 9.66. The third-order valence-corrected chi connectivity index (χ3v) is 6.51. The molecule has 0 radical (unpaired) electrons. The fourth-order valence-electron chi connectivity index (χ4n) is 2.55. The van der Waals surface area contributed by atoms with E-state index in [0.29, 0.717) is 18.8 Å². The summed E-state index contributed by atoms with van der Waals surface area (Å²) in [5.74, 6) is 0.117. The number of thiazole rings is 1. The van der Waals surface area contributed by atoms with Crippen LogP contribution in [0.5, 0.6) is 0 Å². The maximum atomic E-state index is 12.6. The Morgan fingerprint density at radius 1 is 1.11 bits per heavy atom. The summed E-state index contributed by atoms with van der Waals surface area (Å²) in [7, 11) is 0. The first-order chi connectivity index (χ1) is 13.1. The minimum absolute atomic E-state index is 0.0392. The molecule has 0 saturated carbocycles. The molecule has 1 aromatic carbocycles. The number of rotatable bonds is 12. The SMILES string of the molecule is CCCCNC(=O)CC(CSc1nc2ccccc2s1)C(=O)NCCCC. The molecule has 0 aliphatic carbocycles. The van der Waals surface area contributed by atoms with E-state index in [1.165, 1.54) is 0 Å². The number of carbonyl (C=O) groups excluding carboxylic acids is 2. The molecule has 7 heteroatoms. The van der Waals surface area contributed by atoms with Gasteiger partial charge in [0, 0.05) is 25.3 Å². The standard InChI is InChI=1S/C20H29N3O2S2/c1-3-5-11-21-18(24)13-15(19(25)22-12-6-4-2)14-26-20-23-16-9-7-8-10-17(16)27-20/h7-10,15H,3-6,11-14H2,1-2H3,(H,21,24)(H,22,25). The van der Waals surface area contributed by atoms with E-state index >= 15 is 0 Å². The number of nitrogens with one attached hydrogen (secondary N) is 2. The smallest absolute Gasteiger partial charge is 0.224 e. The third kappa shape index (κ3) is 7.50. The molecule has 0 saturated heterocycles. The minimum Gasteiger partial charge on any atom is -0.356 e. The zero-order valence-corrected chi connectivity index (χ0v) is 17.8. The maximum absolute atomic E-state index is 12.6. The van der Waals surface area contributed by atoms with Crippen molar-refractivity contribution in [2.24, 2.45) is 5.92 Å². The molecular weight excluding hydrogens is 378 g/mol. The van der Waals surface area contributed by atoms with Crippen LogP contribution in [0.2, 0.25) is 0 Å². The van der Waals surface area contributed by atoms with E-state index in [0.717, 1.165) is 40.2 Å². The van der Waals surface area contributed by atoms with Gasteiger partial charge < -0.3 is 10.6 Å². The molecule has 5 nitrogen and oxygen atoms in total. The van der Waals surface area contributed by atoms with E-state index in [9.17, 15) is 9.59 Å². The van der Waals surface area contributed by atoms with Gasteiger partial charge in [-0.25, -0.2) is 4.98 Å². The van der Waals surface area contributed by atoms with Crippen LogP contribution in [-0.2, 0) is 9.59 Å². The lowest BCUT2D eigenvalue weighted by Gasteiger charge is -2.16. The molecule has 27 heavy (non-hydrogen) atoms. The molecule has 0 bridgehead atoms. The normalized spacial score (nSPS) is 12.1. The average Bonchev–Trinajstić information content (AvgIpc) is 3.08. The highest BCUT2D eigenvalue weighted by molar-refractivity contribution is 8.01. The maximum Gasteiger partial charge on any atom is 0.224 e. The highest BCUT2D eigenvalue weighted by Gasteiger charge is 2.22. The molecule has 2 aromatic rings. The number of para-hydroxylation sites is 1. The second kappa shape index (κ2) is 12.0. The van der Waals surface area contributed by atoms with Crippen LogP contribution in [0.4, 0.5) is 0 Å². The first-order valence-corrected chi connectivity index (χ1v) is 11.5. The Morgan fingerprint density at radius 2 is 1.81 bits per heavy atom. The molecule has 0 fully saturated rings. The van der Waals surface area contributed by atoms with Gasteiger partial charge in [-0.2, -0.15) is 0 Å². The van der Waals surface area contributed by atoms with E-state index in [1.54, 1.807) is 23.1 Å². The second-order valence-electron chi connectivity index (χ2n) is 6.51. The predicted octanol–water partition coefficient (Wildman–Crippen LogP) is 4.23. The van der Waals surface area contributed by atoms with Gasteiger partial charge in [0.1, 0.15) is 0 Å². The Balaban J connectivity index is 1.94. The molecule has 0 aliphatic heterocycles. The topological polar surface area (TPSA) is 71.1 Å².